The largest absolute Gasteiger partial charge is 0.456 e. The number of nitrogens with zero attached hydrogens (tertiary/aromatic N) is 1. The monoisotopic (exact) mass is 769 g/mol. The summed E-state index contributed by atoms with van der Waals surface area (Å²) < 4.78 is 9.25. The number of furan rings is 1. The summed E-state index contributed by atoms with van der Waals surface area (Å²) in [5.74, 6) is 0. The molecule has 0 saturated heterocycles. The summed E-state index contributed by atoms with van der Waals surface area (Å²) in [6.45, 7) is 0. The summed E-state index contributed by atoms with van der Waals surface area (Å²) in [5, 5.41) is 9.71. The Kier molecular flexibility index (Phi) is 7.75. The zero-order valence-electron chi connectivity index (χ0n) is 32.0. The van der Waals surface area contributed by atoms with E-state index in [-0.39, 0.29) is 0 Å². The fourth-order valence-electron chi connectivity index (χ4n) is 9.12. The number of rotatable bonds is 6. The summed E-state index contributed by atoms with van der Waals surface area (Å²) >= 11 is 1.86. The highest BCUT2D eigenvalue weighted by atomic mass is 32.1. The van der Waals surface area contributed by atoms with Crippen molar-refractivity contribution in [3.63, 3.8) is 0 Å². The highest BCUT2D eigenvalue weighted by molar-refractivity contribution is 7.25. The summed E-state index contributed by atoms with van der Waals surface area (Å²) in [7, 11) is 0. The molecule has 10 aromatic carbocycles. The summed E-state index contributed by atoms with van der Waals surface area (Å²) in [5.41, 5.74) is 12.0. The van der Waals surface area contributed by atoms with Crippen LogP contribution in [0, 0.1) is 0 Å². The first-order chi connectivity index (χ1) is 29.2. The first kappa shape index (κ1) is 33.7. The van der Waals surface area contributed by atoms with Crippen molar-refractivity contribution in [3.05, 3.63) is 212 Å². The van der Waals surface area contributed by atoms with Gasteiger partial charge in [0, 0.05) is 47.9 Å². The van der Waals surface area contributed by atoms with Gasteiger partial charge in [-0.1, -0.05) is 152 Å². The Hall–Kier alpha value is -7.46. The van der Waals surface area contributed by atoms with Crippen LogP contribution in [0.4, 0.5) is 17.1 Å². The van der Waals surface area contributed by atoms with Crippen molar-refractivity contribution in [3.8, 4) is 33.4 Å². The fourth-order valence-corrected chi connectivity index (χ4v) is 10.3. The first-order valence-electron chi connectivity index (χ1n) is 20.1. The smallest absolute Gasteiger partial charge is 0.136 e. The van der Waals surface area contributed by atoms with Crippen LogP contribution in [0.15, 0.2) is 217 Å². The van der Waals surface area contributed by atoms with Crippen molar-refractivity contribution in [2.75, 3.05) is 4.90 Å². The molecule has 0 amide bonds. The van der Waals surface area contributed by atoms with Gasteiger partial charge < -0.3 is 9.32 Å². The van der Waals surface area contributed by atoms with Gasteiger partial charge in [-0.3, -0.25) is 0 Å². The van der Waals surface area contributed by atoms with Crippen LogP contribution in [0.5, 0.6) is 0 Å². The Morgan fingerprint density at radius 2 is 1.00 bits per heavy atom. The SMILES string of the molecule is c1ccc(-c2ccc(N(c3cccc(-c4ccc5c(c4)sc4ccccc45)c3)c3ccc4oc5ccccc5c4c3-c3cc4ccccc4c4ccccc34)cc2)cc1. The van der Waals surface area contributed by atoms with E-state index in [1.807, 2.05) is 11.3 Å². The number of fused-ring (bicyclic) bond motifs is 9. The number of para-hydroxylation sites is 1. The molecule has 0 aliphatic heterocycles. The summed E-state index contributed by atoms with van der Waals surface area (Å²) in [4.78, 5) is 2.44. The van der Waals surface area contributed by atoms with Gasteiger partial charge in [0.1, 0.15) is 11.2 Å². The van der Waals surface area contributed by atoms with E-state index in [4.69, 9.17) is 4.42 Å². The molecule has 0 radical (unpaired) electrons. The Morgan fingerprint density at radius 3 is 1.86 bits per heavy atom. The zero-order chi connectivity index (χ0) is 38.9. The predicted octanol–water partition coefficient (Wildman–Crippen LogP) is 16.7. The van der Waals surface area contributed by atoms with Gasteiger partial charge >= 0.3 is 0 Å². The van der Waals surface area contributed by atoms with Crippen molar-refractivity contribution in [2.45, 2.75) is 0 Å². The number of hydrogen-bond acceptors (Lipinski definition) is 3. The Bertz CT molecular complexity index is 3560. The maximum atomic E-state index is 6.64. The van der Waals surface area contributed by atoms with Gasteiger partial charge in [0.2, 0.25) is 0 Å². The van der Waals surface area contributed by atoms with Crippen LogP contribution in [-0.4, -0.2) is 0 Å². The van der Waals surface area contributed by atoms with Crippen LogP contribution in [0.3, 0.4) is 0 Å². The van der Waals surface area contributed by atoms with E-state index >= 15 is 0 Å². The van der Waals surface area contributed by atoms with E-state index in [2.05, 4.69) is 217 Å². The van der Waals surface area contributed by atoms with Crippen LogP contribution in [0.25, 0.3) is 97.0 Å². The highest BCUT2D eigenvalue weighted by Gasteiger charge is 2.25. The molecule has 0 fully saturated rings. The second-order valence-corrected chi connectivity index (χ2v) is 16.3. The van der Waals surface area contributed by atoms with Gasteiger partial charge in [-0.05, 0) is 110 Å². The number of thiophene rings is 1. The van der Waals surface area contributed by atoms with E-state index < -0.39 is 0 Å². The molecule has 12 rings (SSSR count). The fraction of sp³-hybridized carbons (Fsp3) is 0. The molecule has 0 aliphatic carbocycles. The van der Waals surface area contributed by atoms with Gasteiger partial charge in [0.15, 0.2) is 0 Å². The molecule has 12 aromatic rings. The predicted molar refractivity (Wildman–Crippen MR) is 253 cm³/mol. The maximum Gasteiger partial charge on any atom is 0.136 e. The van der Waals surface area contributed by atoms with Crippen molar-refractivity contribution >= 4 is 92.1 Å². The molecule has 59 heavy (non-hydrogen) atoms. The van der Waals surface area contributed by atoms with Crippen molar-refractivity contribution in [1.29, 1.82) is 0 Å². The molecular formula is C56H35NOS. The van der Waals surface area contributed by atoms with Crippen LogP contribution in [-0.2, 0) is 0 Å². The van der Waals surface area contributed by atoms with Gasteiger partial charge in [-0.15, -0.1) is 11.3 Å². The first-order valence-corrected chi connectivity index (χ1v) is 20.9. The molecule has 0 spiro atoms. The third kappa shape index (κ3) is 5.55. The van der Waals surface area contributed by atoms with Crippen LogP contribution < -0.4 is 4.90 Å². The highest BCUT2D eigenvalue weighted by Crippen LogP contribution is 2.50. The lowest BCUT2D eigenvalue weighted by Gasteiger charge is -2.29. The lowest BCUT2D eigenvalue weighted by Crippen LogP contribution is -2.11. The normalized spacial score (nSPS) is 11.7. The molecule has 0 N–H and O–H groups in total. The Morgan fingerprint density at radius 1 is 0.356 bits per heavy atom. The van der Waals surface area contributed by atoms with E-state index in [0.29, 0.717) is 0 Å². The second kappa shape index (κ2) is 13.6. The average molecular weight is 770 g/mol. The molecule has 276 valence electrons. The van der Waals surface area contributed by atoms with E-state index in [9.17, 15) is 0 Å². The third-order valence-corrected chi connectivity index (χ3v) is 13.0. The molecule has 2 heterocycles. The molecule has 2 nitrogen and oxygen atoms in total. The standard InChI is InChI=1S/C56H35NOS/c1-2-13-36(14-3-1)37-25-28-41(29-26-37)57(42-17-12-16-38(33-42)39-27-30-47-46-21-9-11-24-53(46)59-54(47)35-39)50-31-32-52-56(48-22-8-10-23-51(48)58-52)55(50)49-34-40-15-4-5-18-43(40)44-19-6-7-20-45(44)49/h1-35H. The Labute approximate surface area is 345 Å². The molecule has 0 bridgehead atoms. The number of hydrogen-bond donors (Lipinski definition) is 0. The number of anilines is 3. The van der Waals surface area contributed by atoms with E-state index in [1.54, 1.807) is 0 Å². The zero-order valence-corrected chi connectivity index (χ0v) is 32.8. The maximum absolute atomic E-state index is 6.64. The second-order valence-electron chi connectivity index (χ2n) is 15.2. The molecule has 0 unspecified atom stereocenters. The van der Waals surface area contributed by atoms with E-state index in [1.165, 1.54) is 69.5 Å². The Balaban J connectivity index is 1.14. The van der Waals surface area contributed by atoms with E-state index in [0.717, 1.165) is 44.6 Å². The van der Waals surface area contributed by atoms with Crippen LogP contribution >= 0.6 is 11.3 Å². The number of benzene rings is 10. The minimum Gasteiger partial charge on any atom is -0.456 e. The minimum absolute atomic E-state index is 0.868. The molecule has 0 atom stereocenters. The van der Waals surface area contributed by atoms with Crippen molar-refractivity contribution in [2.24, 2.45) is 0 Å². The van der Waals surface area contributed by atoms with Gasteiger partial charge in [0.05, 0.1) is 5.69 Å². The molecular weight excluding hydrogens is 735 g/mol. The molecule has 0 saturated carbocycles. The van der Waals surface area contributed by atoms with Crippen LogP contribution in [0.2, 0.25) is 0 Å². The summed E-state index contributed by atoms with van der Waals surface area (Å²) in [6.07, 6.45) is 0. The molecule has 2 aromatic heterocycles. The van der Waals surface area contributed by atoms with Crippen LogP contribution in [0.1, 0.15) is 0 Å². The summed E-state index contributed by atoms with van der Waals surface area (Å²) in [6, 6.07) is 77.1. The molecule has 3 heteroatoms. The quantitative estimate of drug-likeness (QED) is 0.157. The third-order valence-electron chi connectivity index (χ3n) is 11.8. The van der Waals surface area contributed by atoms with Gasteiger partial charge in [-0.25, -0.2) is 0 Å². The van der Waals surface area contributed by atoms with Crippen molar-refractivity contribution in [1.82, 2.24) is 0 Å². The minimum atomic E-state index is 0.868. The van der Waals surface area contributed by atoms with Crippen molar-refractivity contribution < 1.29 is 4.42 Å². The van der Waals surface area contributed by atoms with Gasteiger partial charge in [0.25, 0.3) is 0 Å². The average Bonchev–Trinajstić information content (AvgIpc) is 3.88. The topological polar surface area (TPSA) is 16.4 Å². The lowest BCUT2D eigenvalue weighted by atomic mass is 9.89. The lowest BCUT2D eigenvalue weighted by molar-refractivity contribution is 0.669. The van der Waals surface area contributed by atoms with Gasteiger partial charge in [-0.2, -0.15) is 0 Å². The molecule has 0 aliphatic rings.